The molecule has 22 heavy (non-hydrogen) atoms. The van der Waals surface area contributed by atoms with Gasteiger partial charge in [0.25, 0.3) is 0 Å². The van der Waals surface area contributed by atoms with E-state index in [1.165, 1.54) is 0 Å². The van der Waals surface area contributed by atoms with Crippen LogP contribution in [0.4, 0.5) is 5.69 Å². The van der Waals surface area contributed by atoms with Crippen molar-refractivity contribution in [3.05, 3.63) is 59.9 Å². The van der Waals surface area contributed by atoms with E-state index in [4.69, 9.17) is 5.11 Å². The highest BCUT2D eigenvalue weighted by Gasteiger charge is 2.15. The van der Waals surface area contributed by atoms with Crippen LogP contribution in [0.1, 0.15) is 29.3 Å². The van der Waals surface area contributed by atoms with Gasteiger partial charge in [-0.05, 0) is 37.1 Å². The number of Topliss-reactive ketones (excluding diaryl/α,β-unsaturated/α-hetero) is 1. The van der Waals surface area contributed by atoms with Gasteiger partial charge in [0.1, 0.15) is 6.04 Å². The molecule has 0 aliphatic carbocycles. The van der Waals surface area contributed by atoms with Crippen molar-refractivity contribution in [1.29, 1.82) is 0 Å². The Bertz CT molecular complexity index is 656. The van der Waals surface area contributed by atoms with Crippen LogP contribution in [0.2, 0.25) is 0 Å². The number of ketones is 1. The normalized spacial score (nSPS) is 11.7. The Morgan fingerprint density at radius 2 is 2.00 bits per heavy atom. The lowest BCUT2D eigenvalue weighted by Gasteiger charge is -2.14. The summed E-state index contributed by atoms with van der Waals surface area (Å²) in [4.78, 5) is 27.3. The van der Waals surface area contributed by atoms with Gasteiger partial charge in [-0.3, -0.25) is 14.6 Å². The second kappa shape index (κ2) is 7.36. The summed E-state index contributed by atoms with van der Waals surface area (Å²) in [7, 11) is 0. The van der Waals surface area contributed by atoms with Crippen LogP contribution in [-0.2, 0) is 11.2 Å². The van der Waals surface area contributed by atoms with Crippen LogP contribution >= 0.6 is 0 Å². The number of aryl methyl sites for hydroxylation is 1. The molecule has 0 aliphatic rings. The van der Waals surface area contributed by atoms with Gasteiger partial charge in [-0.1, -0.05) is 18.2 Å². The maximum absolute atomic E-state index is 12.4. The van der Waals surface area contributed by atoms with E-state index in [9.17, 15) is 9.59 Å². The molecule has 0 amide bonds. The fourth-order valence-electron chi connectivity index (χ4n) is 2.09. The van der Waals surface area contributed by atoms with Crippen molar-refractivity contribution < 1.29 is 14.7 Å². The Morgan fingerprint density at radius 3 is 2.68 bits per heavy atom. The first-order valence-electron chi connectivity index (χ1n) is 7.08. The minimum absolute atomic E-state index is 0.0236. The molecule has 2 aromatic rings. The minimum atomic E-state index is -0.961. The lowest BCUT2D eigenvalue weighted by atomic mass is 10.0. The first-order chi connectivity index (χ1) is 10.6. The van der Waals surface area contributed by atoms with Crippen LogP contribution in [0, 0.1) is 0 Å². The number of carboxylic acid groups (broad SMARTS) is 1. The van der Waals surface area contributed by atoms with Crippen molar-refractivity contribution in [2.24, 2.45) is 0 Å². The Morgan fingerprint density at radius 1 is 1.23 bits per heavy atom. The van der Waals surface area contributed by atoms with Crippen LogP contribution in [-0.4, -0.2) is 27.9 Å². The van der Waals surface area contributed by atoms with Crippen molar-refractivity contribution in [2.45, 2.75) is 25.8 Å². The van der Waals surface area contributed by atoms with Crippen molar-refractivity contribution in [3.8, 4) is 0 Å². The Hall–Kier alpha value is -2.69. The SMILES string of the molecule is C[C@H](Nc1ccccc1C(=O)CCc1cccnc1)C(=O)O. The lowest BCUT2D eigenvalue weighted by Crippen LogP contribution is -2.26. The van der Waals surface area contributed by atoms with Crippen LogP contribution < -0.4 is 5.32 Å². The average molecular weight is 298 g/mol. The second-order valence-corrected chi connectivity index (χ2v) is 5.03. The number of nitrogens with zero attached hydrogens (tertiary/aromatic N) is 1. The molecule has 0 saturated heterocycles. The van der Waals surface area contributed by atoms with Crippen molar-refractivity contribution >= 4 is 17.4 Å². The summed E-state index contributed by atoms with van der Waals surface area (Å²) in [6.45, 7) is 1.54. The number of hydrogen-bond donors (Lipinski definition) is 2. The average Bonchev–Trinajstić information content (AvgIpc) is 2.54. The van der Waals surface area contributed by atoms with E-state index in [1.807, 2.05) is 12.1 Å². The number of anilines is 1. The summed E-state index contributed by atoms with van der Waals surface area (Å²) < 4.78 is 0. The van der Waals surface area contributed by atoms with Crippen molar-refractivity contribution in [2.75, 3.05) is 5.32 Å². The molecule has 1 aromatic carbocycles. The van der Waals surface area contributed by atoms with E-state index in [2.05, 4.69) is 10.3 Å². The number of rotatable bonds is 7. The van der Waals surface area contributed by atoms with Crippen LogP contribution in [0.5, 0.6) is 0 Å². The third-order valence-corrected chi connectivity index (χ3v) is 3.33. The molecule has 0 bridgehead atoms. The van der Waals surface area contributed by atoms with E-state index < -0.39 is 12.0 Å². The Labute approximate surface area is 129 Å². The van der Waals surface area contributed by atoms with Gasteiger partial charge < -0.3 is 10.4 Å². The number of para-hydroxylation sites is 1. The van der Waals surface area contributed by atoms with Crippen molar-refractivity contribution in [1.82, 2.24) is 4.98 Å². The van der Waals surface area contributed by atoms with E-state index in [0.29, 0.717) is 24.1 Å². The van der Waals surface area contributed by atoms with Gasteiger partial charge in [0.15, 0.2) is 5.78 Å². The van der Waals surface area contributed by atoms with Gasteiger partial charge in [0.2, 0.25) is 0 Å². The number of aromatic nitrogens is 1. The Kier molecular flexibility index (Phi) is 5.25. The maximum atomic E-state index is 12.4. The highest BCUT2D eigenvalue weighted by Crippen LogP contribution is 2.19. The van der Waals surface area contributed by atoms with Gasteiger partial charge >= 0.3 is 5.97 Å². The smallest absolute Gasteiger partial charge is 0.325 e. The van der Waals surface area contributed by atoms with Crippen LogP contribution in [0.3, 0.4) is 0 Å². The number of aliphatic carboxylic acids is 1. The van der Waals surface area contributed by atoms with Gasteiger partial charge in [-0.2, -0.15) is 0 Å². The van der Waals surface area contributed by atoms with E-state index in [1.54, 1.807) is 43.6 Å². The summed E-state index contributed by atoms with van der Waals surface area (Å²) in [6.07, 6.45) is 4.39. The first kappa shape index (κ1) is 15.7. The van der Waals surface area contributed by atoms with Gasteiger partial charge in [-0.25, -0.2) is 0 Å². The van der Waals surface area contributed by atoms with Crippen LogP contribution in [0.15, 0.2) is 48.8 Å². The maximum Gasteiger partial charge on any atom is 0.325 e. The molecule has 5 nitrogen and oxygen atoms in total. The molecule has 1 heterocycles. The molecule has 0 unspecified atom stereocenters. The quantitative estimate of drug-likeness (QED) is 0.768. The van der Waals surface area contributed by atoms with E-state index >= 15 is 0 Å². The number of nitrogens with one attached hydrogen (secondary N) is 1. The third kappa shape index (κ3) is 4.15. The first-order valence-corrected chi connectivity index (χ1v) is 7.08. The van der Waals surface area contributed by atoms with E-state index in [-0.39, 0.29) is 5.78 Å². The number of hydrogen-bond acceptors (Lipinski definition) is 4. The predicted octanol–water partition coefficient (Wildman–Crippen LogP) is 2.78. The number of pyridine rings is 1. The molecule has 5 heteroatoms. The number of carbonyl (C=O) groups excluding carboxylic acids is 1. The molecule has 0 spiro atoms. The molecule has 1 atom stereocenters. The lowest BCUT2D eigenvalue weighted by molar-refractivity contribution is -0.137. The zero-order valence-corrected chi connectivity index (χ0v) is 12.3. The zero-order chi connectivity index (χ0) is 15.9. The minimum Gasteiger partial charge on any atom is -0.480 e. The summed E-state index contributed by atoms with van der Waals surface area (Å²) in [5.41, 5.74) is 2.06. The molecule has 0 saturated carbocycles. The topological polar surface area (TPSA) is 79.3 Å². The fraction of sp³-hybridized carbons (Fsp3) is 0.235. The number of carbonyl (C=O) groups is 2. The molecule has 0 radical (unpaired) electrons. The summed E-state index contributed by atoms with van der Waals surface area (Å²) >= 11 is 0. The van der Waals surface area contributed by atoms with Gasteiger partial charge in [-0.15, -0.1) is 0 Å². The molecular formula is C17H18N2O3. The number of carboxylic acids is 1. The zero-order valence-electron chi connectivity index (χ0n) is 12.3. The third-order valence-electron chi connectivity index (χ3n) is 3.33. The summed E-state index contributed by atoms with van der Waals surface area (Å²) in [5.74, 6) is -0.984. The summed E-state index contributed by atoms with van der Waals surface area (Å²) in [5, 5.41) is 11.8. The highest BCUT2D eigenvalue weighted by molar-refractivity contribution is 6.01. The van der Waals surface area contributed by atoms with Gasteiger partial charge in [0.05, 0.1) is 0 Å². The molecule has 2 N–H and O–H groups in total. The molecular weight excluding hydrogens is 280 g/mol. The van der Waals surface area contributed by atoms with E-state index in [0.717, 1.165) is 5.56 Å². The molecule has 2 rings (SSSR count). The second-order valence-electron chi connectivity index (χ2n) is 5.03. The molecule has 114 valence electrons. The standard InChI is InChI=1S/C17H18N2O3/c1-12(17(21)22)19-15-7-3-2-6-14(15)16(20)9-8-13-5-4-10-18-11-13/h2-7,10-12,19H,8-9H2,1H3,(H,21,22)/t12-/m0/s1. The van der Waals surface area contributed by atoms with Gasteiger partial charge in [0, 0.05) is 30.1 Å². The van der Waals surface area contributed by atoms with Crippen molar-refractivity contribution in [3.63, 3.8) is 0 Å². The molecule has 0 fully saturated rings. The van der Waals surface area contributed by atoms with Crippen LogP contribution in [0.25, 0.3) is 0 Å². The molecule has 1 aromatic heterocycles. The monoisotopic (exact) mass is 298 g/mol. The predicted molar refractivity (Wildman–Crippen MR) is 84.1 cm³/mol. The number of benzene rings is 1. The molecule has 0 aliphatic heterocycles. The Balaban J connectivity index is 2.07. The largest absolute Gasteiger partial charge is 0.480 e. The highest BCUT2D eigenvalue weighted by atomic mass is 16.4. The summed E-state index contributed by atoms with van der Waals surface area (Å²) in [6, 6.07) is 9.98. The fourth-order valence-corrected chi connectivity index (χ4v) is 2.09.